The lowest BCUT2D eigenvalue weighted by atomic mass is 10.1. The van der Waals surface area contributed by atoms with Crippen LogP contribution in [0.2, 0.25) is 0 Å². The van der Waals surface area contributed by atoms with E-state index in [9.17, 15) is 4.79 Å². The number of hydrogen-bond acceptors (Lipinski definition) is 3. The number of anilines is 2. The number of nitrogens with one attached hydrogen (secondary N) is 2. The smallest absolute Gasteiger partial charge is 0.319 e. The fourth-order valence-corrected chi connectivity index (χ4v) is 2.97. The molecule has 1 aliphatic carbocycles. The first-order valence-electron chi connectivity index (χ1n) is 7.36. The molecule has 1 heterocycles. The quantitative estimate of drug-likeness (QED) is 0.742. The molecule has 21 heavy (non-hydrogen) atoms. The molecule has 0 spiro atoms. The molecule has 2 aliphatic rings. The van der Waals surface area contributed by atoms with Gasteiger partial charge in [0.05, 0.1) is 0 Å². The highest BCUT2D eigenvalue weighted by atomic mass is 16.3. The minimum atomic E-state index is -0.205. The standard InChI is InChI=1S/C16H21N3O2/c1-19-7-6-12-3-5-14(9-15(12)19)18-16(21)17-13-4-2-11(8-13)10-20/h2-5,9,11,13,20H,6-8,10H2,1H3,(H2,17,18,21)/t11-,13+/m0/s1. The van der Waals surface area contributed by atoms with Gasteiger partial charge in [0.1, 0.15) is 0 Å². The van der Waals surface area contributed by atoms with Crippen molar-refractivity contribution in [1.82, 2.24) is 5.32 Å². The largest absolute Gasteiger partial charge is 0.396 e. The van der Waals surface area contributed by atoms with Crippen LogP contribution in [0.15, 0.2) is 30.4 Å². The summed E-state index contributed by atoms with van der Waals surface area (Å²) in [7, 11) is 2.06. The number of urea groups is 1. The first kappa shape index (κ1) is 13.9. The van der Waals surface area contributed by atoms with Crippen molar-refractivity contribution in [3.63, 3.8) is 0 Å². The first-order valence-corrected chi connectivity index (χ1v) is 7.36. The average molecular weight is 287 g/mol. The zero-order chi connectivity index (χ0) is 14.8. The summed E-state index contributed by atoms with van der Waals surface area (Å²) < 4.78 is 0. The summed E-state index contributed by atoms with van der Waals surface area (Å²) in [5.74, 6) is 0.156. The average Bonchev–Trinajstić information content (AvgIpc) is 3.06. The van der Waals surface area contributed by atoms with Gasteiger partial charge < -0.3 is 20.6 Å². The number of amides is 2. The summed E-state index contributed by atoms with van der Waals surface area (Å²) in [6, 6.07) is 5.83. The molecule has 2 amide bonds. The Morgan fingerprint density at radius 2 is 2.29 bits per heavy atom. The van der Waals surface area contributed by atoms with E-state index in [4.69, 9.17) is 5.11 Å². The van der Waals surface area contributed by atoms with Crippen molar-refractivity contribution in [2.24, 2.45) is 5.92 Å². The maximum absolute atomic E-state index is 12.0. The van der Waals surface area contributed by atoms with Gasteiger partial charge in [0.25, 0.3) is 0 Å². The van der Waals surface area contributed by atoms with Gasteiger partial charge in [0.15, 0.2) is 0 Å². The van der Waals surface area contributed by atoms with Crippen LogP contribution in [0.25, 0.3) is 0 Å². The third-order valence-electron chi connectivity index (χ3n) is 4.19. The molecule has 5 heteroatoms. The Balaban J connectivity index is 1.58. The molecular formula is C16H21N3O2. The monoisotopic (exact) mass is 287 g/mol. The van der Waals surface area contributed by atoms with Crippen LogP contribution in [0.5, 0.6) is 0 Å². The van der Waals surface area contributed by atoms with Crippen LogP contribution < -0.4 is 15.5 Å². The fourth-order valence-electron chi connectivity index (χ4n) is 2.97. The highest BCUT2D eigenvalue weighted by Gasteiger charge is 2.20. The third kappa shape index (κ3) is 3.03. The molecule has 1 aromatic carbocycles. The minimum absolute atomic E-state index is 0.000694. The van der Waals surface area contributed by atoms with Crippen LogP contribution in [-0.2, 0) is 6.42 Å². The van der Waals surface area contributed by atoms with Gasteiger partial charge in [-0.1, -0.05) is 18.2 Å². The topological polar surface area (TPSA) is 64.6 Å². The number of aliphatic hydroxyl groups is 1. The lowest BCUT2D eigenvalue weighted by Crippen LogP contribution is -2.36. The Bertz CT molecular complexity index is 571. The van der Waals surface area contributed by atoms with E-state index in [1.165, 1.54) is 11.3 Å². The normalized spacial score (nSPS) is 23.2. The van der Waals surface area contributed by atoms with E-state index in [0.29, 0.717) is 0 Å². The number of benzene rings is 1. The van der Waals surface area contributed by atoms with E-state index >= 15 is 0 Å². The molecule has 1 aromatic rings. The molecule has 0 fully saturated rings. The fraction of sp³-hybridized carbons (Fsp3) is 0.438. The molecule has 5 nitrogen and oxygen atoms in total. The van der Waals surface area contributed by atoms with Crippen LogP contribution in [0, 0.1) is 5.92 Å². The van der Waals surface area contributed by atoms with Crippen molar-refractivity contribution >= 4 is 17.4 Å². The van der Waals surface area contributed by atoms with Gasteiger partial charge in [0, 0.05) is 43.5 Å². The number of carbonyl (C=O) groups excluding carboxylic acids is 1. The van der Waals surface area contributed by atoms with E-state index < -0.39 is 0 Å². The number of likely N-dealkylation sites (N-methyl/N-ethyl adjacent to an activating group) is 1. The Morgan fingerprint density at radius 3 is 3.05 bits per heavy atom. The SMILES string of the molecule is CN1CCc2ccc(NC(=O)N[C@@H]3C=C[C@H](CO)C3)cc21. The number of hydrogen-bond donors (Lipinski definition) is 3. The third-order valence-corrected chi connectivity index (χ3v) is 4.19. The summed E-state index contributed by atoms with van der Waals surface area (Å²) in [5, 5.41) is 14.9. The molecular weight excluding hydrogens is 266 g/mol. The lowest BCUT2D eigenvalue weighted by molar-refractivity contribution is 0.238. The van der Waals surface area contributed by atoms with E-state index in [-0.39, 0.29) is 24.6 Å². The van der Waals surface area contributed by atoms with Crippen LogP contribution in [0.1, 0.15) is 12.0 Å². The Kier molecular flexibility index (Phi) is 3.84. The van der Waals surface area contributed by atoms with Gasteiger partial charge in [-0.25, -0.2) is 4.79 Å². The van der Waals surface area contributed by atoms with Crippen molar-refractivity contribution in [1.29, 1.82) is 0 Å². The van der Waals surface area contributed by atoms with Crippen molar-refractivity contribution in [3.8, 4) is 0 Å². The number of nitrogens with zero attached hydrogens (tertiary/aromatic N) is 1. The van der Waals surface area contributed by atoms with Crippen LogP contribution in [0.4, 0.5) is 16.2 Å². The molecule has 0 bridgehead atoms. The predicted molar refractivity (Wildman–Crippen MR) is 83.7 cm³/mol. The van der Waals surface area contributed by atoms with Crippen molar-refractivity contribution in [2.45, 2.75) is 18.9 Å². The predicted octanol–water partition coefficient (Wildman–Crippen LogP) is 1.74. The highest BCUT2D eigenvalue weighted by molar-refractivity contribution is 5.90. The van der Waals surface area contributed by atoms with Gasteiger partial charge in [-0.15, -0.1) is 0 Å². The van der Waals surface area contributed by atoms with Crippen LogP contribution in [-0.4, -0.2) is 37.4 Å². The molecule has 3 rings (SSSR count). The molecule has 2 atom stereocenters. The Hall–Kier alpha value is -2.01. The van der Waals surface area contributed by atoms with E-state index in [2.05, 4.69) is 28.6 Å². The van der Waals surface area contributed by atoms with Crippen molar-refractivity contribution in [2.75, 3.05) is 30.4 Å². The van der Waals surface area contributed by atoms with Crippen LogP contribution >= 0.6 is 0 Å². The second-order valence-corrected chi connectivity index (χ2v) is 5.78. The second-order valence-electron chi connectivity index (χ2n) is 5.78. The summed E-state index contributed by atoms with van der Waals surface area (Å²) in [4.78, 5) is 14.2. The van der Waals surface area contributed by atoms with Crippen molar-refractivity contribution in [3.05, 3.63) is 35.9 Å². The summed E-state index contributed by atoms with van der Waals surface area (Å²) in [5.41, 5.74) is 3.32. The summed E-state index contributed by atoms with van der Waals surface area (Å²) in [6.45, 7) is 1.16. The maximum atomic E-state index is 12.0. The molecule has 0 unspecified atom stereocenters. The minimum Gasteiger partial charge on any atom is -0.396 e. The molecule has 0 saturated carbocycles. The molecule has 3 N–H and O–H groups in total. The van der Waals surface area contributed by atoms with Gasteiger partial charge in [-0.3, -0.25) is 0 Å². The zero-order valence-corrected chi connectivity index (χ0v) is 12.2. The second kappa shape index (κ2) is 5.77. The van der Waals surface area contributed by atoms with Gasteiger partial charge in [-0.05, 0) is 30.5 Å². The maximum Gasteiger partial charge on any atom is 0.319 e. The lowest BCUT2D eigenvalue weighted by Gasteiger charge is -2.16. The van der Waals surface area contributed by atoms with Crippen LogP contribution in [0.3, 0.4) is 0 Å². The van der Waals surface area contributed by atoms with Crippen molar-refractivity contribution < 1.29 is 9.90 Å². The molecule has 0 radical (unpaired) electrons. The Labute approximate surface area is 124 Å². The van der Waals surface area contributed by atoms with Gasteiger partial charge >= 0.3 is 6.03 Å². The first-order chi connectivity index (χ1) is 10.2. The number of rotatable bonds is 3. The Morgan fingerprint density at radius 1 is 1.43 bits per heavy atom. The molecule has 0 saturated heterocycles. The number of carbonyl (C=O) groups is 1. The molecule has 0 aromatic heterocycles. The summed E-state index contributed by atoms with van der Waals surface area (Å²) >= 11 is 0. The van der Waals surface area contributed by atoms with E-state index in [1.807, 2.05) is 24.3 Å². The molecule has 1 aliphatic heterocycles. The van der Waals surface area contributed by atoms with Gasteiger partial charge in [0.2, 0.25) is 0 Å². The summed E-state index contributed by atoms with van der Waals surface area (Å²) in [6.07, 6.45) is 5.72. The zero-order valence-electron chi connectivity index (χ0n) is 12.2. The number of fused-ring (bicyclic) bond motifs is 1. The van der Waals surface area contributed by atoms with Gasteiger partial charge in [-0.2, -0.15) is 0 Å². The number of aliphatic hydroxyl groups excluding tert-OH is 1. The van der Waals surface area contributed by atoms with E-state index in [0.717, 1.165) is 25.1 Å². The van der Waals surface area contributed by atoms with E-state index in [1.54, 1.807) is 0 Å². The highest BCUT2D eigenvalue weighted by Crippen LogP contribution is 2.29. The molecule has 112 valence electrons.